The zero-order chi connectivity index (χ0) is 10.8. The van der Waals surface area contributed by atoms with Crippen LogP contribution >= 0.6 is 11.6 Å². The van der Waals surface area contributed by atoms with Crippen LogP contribution in [0.15, 0.2) is 30.5 Å². The van der Waals surface area contributed by atoms with Gasteiger partial charge in [0.25, 0.3) is 0 Å². The van der Waals surface area contributed by atoms with Gasteiger partial charge in [0.1, 0.15) is 0 Å². The summed E-state index contributed by atoms with van der Waals surface area (Å²) in [5.74, 6) is 0.535. The van der Waals surface area contributed by atoms with Crippen LogP contribution in [0.25, 0.3) is 0 Å². The Morgan fingerprint density at radius 1 is 1.47 bits per heavy atom. The van der Waals surface area contributed by atoms with Crippen molar-refractivity contribution < 1.29 is 0 Å². The van der Waals surface area contributed by atoms with Crippen LogP contribution in [0.4, 0.5) is 5.95 Å². The molecule has 1 heterocycles. The third-order valence-corrected chi connectivity index (χ3v) is 2.40. The fourth-order valence-corrected chi connectivity index (χ4v) is 1.74. The van der Waals surface area contributed by atoms with Gasteiger partial charge in [-0.3, -0.25) is 0 Å². The number of rotatable bonds is 2. The molecule has 2 N–H and O–H groups in total. The van der Waals surface area contributed by atoms with Crippen LogP contribution in [0.1, 0.15) is 11.3 Å². The molecule has 0 aliphatic rings. The van der Waals surface area contributed by atoms with Crippen molar-refractivity contribution in [2.24, 2.45) is 0 Å². The Labute approximate surface area is 93.5 Å². The van der Waals surface area contributed by atoms with Gasteiger partial charge in [-0.15, -0.1) is 0 Å². The second-order valence-electron chi connectivity index (χ2n) is 3.50. The highest BCUT2D eigenvalue weighted by atomic mass is 35.5. The number of aryl methyl sites for hydroxylation is 1. The van der Waals surface area contributed by atoms with E-state index in [-0.39, 0.29) is 0 Å². The molecule has 0 spiro atoms. The molecule has 0 radical (unpaired) electrons. The minimum Gasteiger partial charge on any atom is -0.369 e. The van der Waals surface area contributed by atoms with Crippen LogP contribution in [0.5, 0.6) is 0 Å². The molecule has 0 aliphatic carbocycles. The zero-order valence-electron chi connectivity index (χ0n) is 8.44. The Kier molecular flexibility index (Phi) is 2.64. The van der Waals surface area contributed by atoms with E-state index < -0.39 is 0 Å². The maximum Gasteiger partial charge on any atom is 0.200 e. The van der Waals surface area contributed by atoms with Crippen molar-refractivity contribution in [2.45, 2.75) is 13.5 Å². The lowest BCUT2D eigenvalue weighted by Gasteiger charge is -2.04. The van der Waals surface area contributed by atoms with Gasteiger partial charge < -0.3 is 10.3 Å². The molecule has 0 unspecified atom stereocenters. The monoisotopic (exact) mass is 221 g/mol. The van der Waals surface area contributed by atoms with Gasteiger partial charge in [0.05, 0.1) is 12.2 Å². The van der Waals surface area contributed by atoms with Gasteiger partial charge in [0.15, 0.2) is 0 Å². The van der Waals surface area contributed by atoms with Gasteiger partial charge in [-0.1, -0.05) is 23.7 Å². The van der Waals surface area contributed by atoms with E-state index in [1.165, 1.54) is 0 Å². The first-order chi connectivity index (χ1) is 7.15. The van der Waals surface area contributed by atoms with E-state index >= 15 is 0 Å². The average molecular weight is 222 g/mol. The Morgan fingerprint density at radius 2 is 2.27 bits per heavy atom. The molecule has 1 aromatic heterocycles. The number of imidazole rings is 1. The van der Waals surface area contributed by atoms with Crippen molar-refractivity contribution in [3.63, 3.8) is 0 Å². The normalized spacial score (nSPS) is 10.5. The zero-order valence-corrected chi connectivity index (χ0v) is 9.20. The summed E-state index contributed by atoms with van der Waals surface area (Å²) in [6.45, 7) is 2.62. The van der Waals surface area contributed by atoms with Crippen LogP contribution in [-0.2, 0) is 6.54 Å². The molecule has 3 nitrogen and oxygen atoms in total. The Bertz CT molecular complexity index is 476. The minimum atomic E-state index is 0.535. The van der Waals surface area contributed by atoms with Gasteiger partial charge in [0, 0.05) is 11.2 Å². The first-order valence-electron chi connectivity index (χ1n) is 4.69. The largest absolute Gasteiger partial charge is 0.369 e. The number of nitrogens with zero attached hydrogens (tertiary/aromatic N) is 2. The van der Waals surface area contributed by atoms with Gasteiger partial charge in [-0.05, 0) is 24.6 Å². The van der Waals surface area contributed by atoms with Gasteiger partial charge in [-0.2, -0.15) is 0 Å². The quantitative estimate of drug-likeness (QED) is 0.847. The summed E-state index contributed by atoms with van der Waals surface area (Å²) in [5, 5.41) is 0.739. The fourth-order valence-electron chi connectivity index (χ4n) is 1.52. The lowest BCUT2D eigenvalue weighted by atomic mass is 10.2. The molecule has 0 aliphatic heterocycles. The minimum absolute atomic E-state index is 0.535. The van der Waals surface area contributed by atoms with E-state index in [2.05, 4.69) is 4.98 Å². The molecule has 4 heteroatoms. The number of halogens is 1. The Hall–Kier alpha value is -1.48. The van der Waals surface area contributed by atoms with Crippen molar-refractivity contribution in [1.29, 1.82) is 0 Å². The van der Waals surface area contributed by atoms with Crippen molar-refractivity contribution in [3.05, 3.63) is 46.7 Å². The van der Waals surface area contributed by atoms with Crippen molar-refractivity contribution in [3.8, 4) is 0 Å². The summed E-state index contributed by atoms with van der Waals surface area (Å²) >= 11 is 5.90. The third kappa shape index (κ3) is 2.30. The second-order valence-corrected chi connectivity index (χ2v) is 3.93. The highest BCUT2D eigenvalue weighted by Crippen LogP contribution is 2.13. The molecule has 78 valence electrons. The van der Waals surface area contributed by atoms with Gasteiger partial charge in [0.2, 0.25) is 5.95 Å². The van der Waals surface area contributed by atoms with Gasteiger partial charge >= 0.3 is 0 Å². The fraction of sp³-hybridized carbons (Fsp3) is 0.182. The summed E-state index contributed by atoms with van der Waals surface area (Å²) < 4.78 is 1.90. The van der Waals surface area contributed by atoms with Crippen molar-refractivity contribution in [2.75, 3.05) is 5.73 Å². The predicted octanol–water partition coefficient (Wildman–Crippen LogP) is 2.48. The number of hydrogen-bond donors (Lipinski definition) is 1. The van der Waals surface area contributed by atoms with Crippen molar-refractivity contribution in [1.82, 2.24) is 9.55 Å². The molecular formula is C11H12ClN3. The smallest absolute Gasteiger partial charge is 0.200 e. The Balaban J connectivity index is 2.25. The van der Waals surface area contributed by atoms with E-state index in [9.17, 15) is 0 Å². The molecule has 15 heavy (non-hydrogen) atoms. The number of hydrogen-bond acceptors (Lipinski definition) is 2. The van der Waals surface area contributed by atoms with Crippen molar-refractivity contribution >= 4 is 17.5 Å². The lowest BCUT2D eigenvalue weighted by molar-refractivity contribution is 0.810. The van der Waals surface area contributed by atoms with E-state index in [1.807, 2.05) is 42.0 Å². The maximum absolute atomic E-state index is 5.90. The van der Waals surface area contributed by atoms with E-state index in [0.29, 0.717) is 12.5 Å². The summed E-state index contributed by atoms with van der Waals surface area (Å²) in [7, 11) is 0. The topological polar surface area (TPSA) is 43.8 Å². The highest BCUT2D eigenvalue weighted by molar-refractivity contribution is 6.30. The molecule has 0 saturated carbocycles. The molecule has 2 rings (SSSR count). The molecule has 2 aromatic rings. The lowest BCUT2D eigenvalue weighted by Crippen LogP contribution is -2.03. The number of nitrogen functional groups attached to an aromatic ring is 1. The van der Waals surface area contributed by atoms with Gasteiger partial charge in [-0.25, -0.2) is 4.98 Å². The number of benzene rings is 1. The first-order valence-corrected chi connectivity index (χ1v) is 5.06. The standard InChI is InChI=1S/C11H12ClN3/c1-8-6-15(11(13)14-8)7-9-3-2-4-10(12)5-9/h2-6H,7H2,1H3,(H2,13,14). The molecule has 0 amide bonds. The van der Waals surface area contributed by atoms with Crippen LogP contribution in [0, 0.1) is 6.92 Å². The molecular weight excluding hydrogens is 210 g/mol. The molecule has 0 atom stereocenters. The molecule has 0 bridgehead atoms. The maximum atomic E-state index is 5.90. The molecule has 0 saturated heterocycles. The summed E-state index contributed by atoms with van der Waals surface area (Å²) in [6, 6.07) is 7.72. The first kappa shape index (κ1) is 10.1. The summed E-state index contributed by atoms with van der Waals surface area (Å²) in [6.07, 6.45) is 1.93. The molecule has 0 fully saturated rings. The third-order valence-electron chi connectivity index (χ3n) is 2.17. The number of nitrogens with two attached hydrogens (primary N) is 1. The number of anilines is 1. The van der Waals surface area contributed by atoms with Crippen LogP contribution in [0.3, 0.4) is 0 Å². The summed E-state index contributed by atoms with van der Waals surface area (Å²) in [4.78, 5) is 4.14. The SMILES string of the molecule is Cc1cn(Cc2cccc(Cl)c2)c(N)n1. The van der Waals surface area contributed by atoms with Crippen LogP contribution in [0.2, 0.25) is 5.02 Å². The van der Waals surface area contributed by atoms with E-state index in [0.717, 1.165) is 16.3 Å². The van der Waals surface area contributed by atoms with E-state index in [4.69, 9.17) is 17.3 Å². The highest BCUT2D eigenvalue weighted by Gasteiger charge is 2.02. The summed E-state index contributed by atoms with van der Waals surface area (Å²) in [5.41, 5.74) is 7.79. The second kappa shape index (κ2) is 3.95. The van der Waals surface area contributed by atoms with E-state index in [1.54, 1.807) is 0 Å². The van der Waals surface area contributed by atoms with Crippen LogP contribution < -0.4 is 5.73 Å². The average Bonchev–Trinajstić information content (AvgIpc) is 2.45. The predicted molar refractivity (Wildman–Crippen MR) is 61.9 cm³/mol. The number of aromatic nitrogens is 2. The Morgan fingerprint density at radius 3 is 2.87 bits per heavy atom. The van der Waals surface area contributed by atoms with Crippen LogP contribution in [-0.4, -0.2) is 9.55 Å². The molecule has 1 aromatic carbocycles.